The van der Waals surface area contributed by atoms with Crippen LogP contribution in [0.15, 0.2) is 30.3 Å². The van der Waals surface area contributed by atoms with Gasteiger partial charge >= 0.3 is 0 Å². The number of anilines is 1. The summed E-state index contributed by atoms with van der Waals surface area (Å²) in [6, 6.07) is 7.69. The minimum atomic E-state index is -0.333. The fraction of sp³-hybridized carbons (Fsp3) is 0.400. The Balaban J connectivity index is 1.48. The van der Waals surface area contributed by atoms with E-state index in [2.05, 4.69) is 12.2 Å². The van der Waals surface area contributed by atoms with E-state index in [-0.39, 0.29) is 24.2 Å². The molecule has 144 valence electrons. The first-order chi connectivity index (χ1) is 13.0. The van der Waals surface area contributed by atoms with Crippen molar-refractivity contribution in [3.8, 4) is 0 Å². The van der Waals surface area contributed by atoms with E-state index in [1.165, 1.54) is 34.7 Å². The van der Waals surface area contributed by atoms with E-state index in [0.717, 1.165) is 11.3 Å². The van der Waals surface area contributed by atoms with E-state index < -0.39 is 0 Å². The maximum absolute atomic E-state index is 12.9. The van der Waals surface area contributed by atoms with Crippen LogP contribution < -0.4 is 5.32 Å². The third-order valence-electron chi connectivity index (χ3n) is 4.71. The second kappa shape index (κ2) is 8.63. The normalized spacial score (nSPS) is 15.0. The van der Waals surface area contributed by atoms with Crippen LogP contribution in [0.4, 0.5) is 10.1 Å². The summed E-state index contributed by atoms with van der Waals surface area (Å²) in [5, 5.41) is 2.77. The molecule has 0 spiro atoms. The van der Waals surface area contributed by atoms with E-state index in [4.69, 9.17) is 0 Å². The quantitative estimate of drug-likeness (QED) is 0.855. The number of nitrogens with one attached hydrogen (secondary N) is 1. The molecule has 1 aromatic heterocycles. The van der Waals surface area contributed by atoms with Gasteiger partial charge < -0.3 is 10.2 Å². The number of nitrogens with zero attached hydrogens (tertiary/aromatic N) is 2. The Bertz CT molecular complexity index is 811. The number of rotatable bonds is 5. The van der Waals surface area contributed by atoms with E-state index in [9.17, 15) is 14.0 Å². The predicted octanol–water partition coefficient (Wildman–Crippen LogP) is 3.15. The van der Waals surface area contributed by atoms with Gasteiger partial charge in [0.2, 0.25) is 5.91 Å². The highest BCUT2D eigenvalue weighted by Crippen LogP contribution is 2.24. The largest absolute Gasteiger partial charge is 0.335 e. The van der Waals surface area contributed by atoms with E-state index in [0.29, 0.717) is 31.9 Å². The van der Waals surface area contributed by atoms with Gasteiger partial charge in [0.1, 0.15) is 5.82 Å². The van der Waals surface area contributed by atoms with Crippen LogP contribution in [0.3, 0.4) is 0 Å². The summed E-state index contributed by atoms with van der Waals surface area (Å²) in [5.41, 5.74) is 1.76. The highest BCUT2D eigenvalue weighted by atomic mass is 32.1. The smallest absolute Gasteiger partial charge is 0.264 e. The number of aryl methyl sites for hydroxylation is 2. The first kappa shape index (κ1) is 19.5. The maximum Gasteiger partial charge on any atom is 0.264 e. The van der Waals surface area contributed by atoms with Crippen LogP contribution in [0.1, 0.15) is 27.0 Å². The number of hydrogen-bond donors (Lipinski definition) is 1. The Labute approximate surface area is 162 Å². The van der Waals surface area contributed by atoms with Crippen molar-refractivity contribution >= 4 is 28.8 Å². The van der Waals surface area contributed by atoms with E-state index in [1.54, 1.807) is 11.3 Å². The van der Waals surface area contributed by atoms with Gasteiger partial charge in [-0.1, -0.05) is 6.92 Å². The number of carbonyl (C=O) groups is 2. The minimum Gasteiger partial charge on any atom is -0.335 e. The van der Waals surface area contributed by atoms with Crippen molar-refractivity contribution in [2.45, 2.75) is 20.3 Å². The lowest BCUT2D eigenvalue weighted by Crippen LogP contribution is -2.50. The molecule has 7 heteroatoms. The summed E-state index contributed by atoms with van der Waals surface area (Å²) in [5.74, 6) is -0.387. The molecule has 1 fully saturated rings. The molecule has 2 amide bonds. The van der Waals surface area contributed by atoms with Crippen molar-refractivity contribution in [1.29, 1.82) is 0 Å². The standard InChI is InChI=1S/C20H24FN3O2S/c1-3-17-14(2)12-18(27-17)20(26)24-10-8-23(9-11-24)13-19(25)22-16-6-4-15(21)5-7-16/h4-7,12H,3,8-11,13H2,1-2H3,(H,22,25). The average Bonchev–Trinajstić information content (AvgIpc) is 3.04. The van der Waals surface area contributed by atoms with Gasteiger partial charge in [-0.05, 0) is 49.2 Å². The van der Waals surface area contributed by atoms with Gasteiger partial charge in [-0.15, -0.1) is 11.3 Å². The number of benzene rings is 1. The van der Waals surface area contributed by atoms with Gasteiger partial charge in [0.15, 0.2) is 0 Å². The Morgan fingerprint density at radius 2 is 1.81 bits per heavy atom. The predicted molar refractivity (Wildman–Crippen MR) is 106 cm³/mol. The molecule has 0 saturated carbocycles. The molecule has 27 heavy (non-hydrogen) atoms. The van der Waals surface area contributed by atoms with Gasteiger partial charge in [0.25, 0.3) is 5.91 Å². The van der Waals surface area contributed by atoms with Crippen molar-refractivity contribution in [3.05, 3.63) is 51.5 Å². The number of piperazine rings is 1. The third kappa shape index (κ3) is 4.93. The van der Waals surface area contributed by atoms with Crippen LogP contribution in [0, 0.1) is 12.7 Å². The summed E-state index contributed by atoms with van der Waals surface area (Å²) in [4.78, 5) is 30.8. The molecule has 0 bridgehead atoms. The molecule has 0 aliphatic carbocycles. The monoisotopic (exact) mass is 389 g/mol. The lowest BCUT2D eigenvalue weighted by atomic mass is 10.2. The molecule has 3 rings (SSSR count). The molecule has 0 radical (unpaired) electrons. The van der Waals surface area contributed by atoms with Crippen LogP contribution >= 0.6 is 11.3 Å². The summed E-state index contributed by atoms with van der Waals surface area (Å²) in [6.07, 6.45) is 0.945. The number of halogens is 1. The molecular formula is C20H24FN3O2S. The zero-order chi connectivity index (χ0) is 19.4. The number of carbonyl (C=O) groups excluding carboxylic acids is 2. The summed E-state index contributed by atoms with van der Waals surface area (Å²) in [6.45, 7) is 6.95. The van der Waals surface area contributed by atoms with Crippen LogP contribution in [0.25, 0.3) is 0 Å². The zero-order valence-corrected chi connectivity index (χ0v) is 16.4. The second-order valence-corrected chi connectivity index (χ2v) is 7.83. The van der Waals surface area contributed by atoms with Gasteiger partial charge in [0, 0.05) is 36.7 Å². The Hall–Kier alpha value is -2.25. The number of thiophene rings is 1. The van der Waals surface area contributed by atoms with Crippen molar-refractivity contribution in [2.24, 2.45) is 0 Å². The molecule has 1 saturated heterocycles. The minimum absolute atomic E-state index is 0.0817. The lowest BCUT2D eigenvalue weighted by Gasteiger charge is -2.34. The van der Waals surface area contributed by atoms with E-state index >= 15 is 0 Å². The Morgan fingerprint density at radius 3 is 2.41 bits per heavy atom. The molecule has 1 aliphatic rings. The van der Waals surface area contributed by atoms with Crippen LogP contribution in [0.5, 0.6) is 0 Å². The van der Waals surface area contributed by atoms with Crippen LogP contribution in [-0.4, -0.2) is 54.3 Å². The van der Waals surface area contributed by atoms with Crippen LogP contribution in [0.2, 0.25) is 0 Å². The maximum atomic E-state index is 12.9. The topological polar surface area (TPSA) is 52.7 Å². The molecule has 1 aromatic carbocycles. The highest BCUT2D eigenvalue weighted by molar-refractivity contribution is 7.14. The number of amides is 2. The molecule has 0 atom stereocenters. The van der Waals surface area contributed by atoms with Gasteiger partial charge in [-0.3, -0.25) is 14.5 Å². The zero-order valence-electron chi connectivity index (χ0n) is 15.6. The SMILES string of the molecule is CCc1sc(C(=O)N2CCN(CC(=O)Nc3ccc(F)cc3)CC2)cc1C. The first-order valence-corrected chi connectivity index (χ1v) is 9.94. The van der Waals surface area contributed by atoms with Crippen molar-refractivity contribution in [3.63, 3.8) is 0 Å². The van der Waals surface area contributed by atoms with Gasteiger partial charge in [-0.2, -0.15) is 0 Å². The van der Waals surface area contributed by atoms with E-state index in [1.807, 2.05) is 22.8 Å². The summed E-state index contributed by atoms with van der Waals surface area (Å²) in [7, 11) is 0. The lowest BCUT2D eigenvalue weighted by molar-refractivity contribution is -0.117. The summed E-state index contributed by atoms with van der Waals surface area (Å²) < 4.78 is 12.9. The van der Waals surface area contributed by atoms with Gasteiger partial charge in [0.05, 0.1) is 11.4 Å². The number of hydrogen-bond acceptors (Lipinski definition) is 4. The Morgan fingerprint density at radius 1 is 1.15 bits per heavy atom. The van der Waals surface area contributed by atoms with Crippen LogP contribution in [-0.2, 0) is 11.2 Å². The fourth-order valence-corrected chi connectivity index (χ4v) is 4.26. The average molecular weight is 389 g/mol. The molecule has 1 N–H and O–H groups in total. The molecule has 5 nitrogen and oxygen atoms in total. The van der Waals surface area contributed by atoms with Crippen molar-refractivity contribution in [2.75, 3.05) is 38.0 Å². The fourth-order valence-electron chi connectivity index (χ4n) is 3.18. The van der Waals surface area contributed by atoms with Crippen molar-refractivity contribution in [1.82, 2.24) is 9.80 Å². The molecule has 2 heterocycles. The molecular weight excluding hydrogens is 365 g/mol. The first-order valence-electron chi connectivity index (χ1n) is 9.12. The molecule has 0 unspecified atom stereocenters. The molecule has 1 aliphatic heterocycles. The summed E-state index contributed by atoms with van der Waals surface area (Å²) >= 11 is 1.58. The van der Waals surface area contributed by atoms with Crippen molar-refractivity contribution < 1.29 is 14.0 Å². The second-order valence-electron chi connectivity index (χ2n) is 6.69. The third-order valence-corrected chi connectivity index (χ3v) is 6.08. The highest BCUT2D eigenvalue weighted by Gasteiger charge is 2.24. The Kier molecular flexibility index (Phi) is 6.23. The van der Waals surface area contributed by atoms with Gasteiger partial charge in [-0.25, -0.2) is 4.39 Å². The molecule has 2 aromatic rings.